The van der Waals surface area contributed by atoms with Crippen LogP contribution in [-0.4, -0.2) is 36.3 Å². The minimum Gasteiger partial charge on any atom is -0.494 e. The number of benzene rings is 1. The predicted molar refractivity (Wildman–Crippen MR) is 94.1 cm³/mol. The third-order valence-corrected chi connectivity index (χ3v) is 5.72. The summed E-state index contributed by atoms with van der Waals surface area (Å²) in [6.07, 6.45) is 4.02. The van der Waals surface area contributed by atoms with E-state index in [1.54, 1.807) is 36.0 Å². The number of ether oxygens (including phenoxy) is 2. The summed E-state index contributed by atoms with van der Waals surface area (Å²) in [5.74, 6) is 0.840. The maximum atomic E-state index is 5.92. The van der Waals surface area contributed by atoms with Crippen LogP contribution in [0.4, 0.5) is 5.13 Å². The summed E-state index contributed by atoms with van der Waals surface area (Å²) in [5, 5.41) is 3.78. The first-order chi connectivity index (χ1) is 11.3. The van der Waals surface area contributed by atoms with Crippen molar-refractivity contribution in [3.63, 3.8) is 0 Å². The van der Waals surface area contributed by atoms with Crippen molar-refractivity contribution in [2.75, 3.05) is 25.1 Å². The number of fused-ring (bicyclic) bond motifs is 1. The monoisotopic (exact) mass is 347 g/mol. The van der Waals surface area contributed by atoms with Crippen molar-refractivity contribution >= 4 is 38.0 Å². The number of hydrogen-bond acceptors (Lipinski definition) is 7. The van der Waals surface area contributed by atoms with Crippen LogP contribution in [-0.2, 0) is 0 Å². The summed E-state index contributed by atoms with van der Waals surface area (Å²) >= 11 is 3.27. The Morgan fingerprint density at radius 3 is 2.87 bits per heavy atom. The highest BCUT2D eigenvalue weighted by molar-refractivity contribution is 7.22. The highest BCUT2D eigenvalue weighted by Crippen LogP contribution is 2.35. The van der Waals surface area contributed by atoms with Gasteiger partial charge in [-0.3, -0.25) is 0 Å². The molecule has 1 aromatic carbocycles. The van der Waals surface area contributed by atoms with Crippen molar-refractivity contribution in [3.8, 4) is 10.9 Å². The average Bonchev–Trinajstić information content (AvgIpc) is 3.24. The van der Waals surface area contributed by atoms with Crippen LogP contribution in [0.1, 0.15) is 12.8 Å². The molecule has 0 amide bonds. The van der Waals surface area contributed by atoms with Crippen LogP contribution < -0.4 is 14.4 Å². The number of piperidine rings is 1. The molecule has 0 saturated carbocycles. The molecule has 0 bridgehead atoms. The molecule has 120 valence electrons. The largest absolute Gasteiger partial charge is 0.494 e. The van der Waals surface area contributed by atoms with E-state index in [0.29, 0.717) is 0 Å². The first-order valence-corrected chi connectivity index (χ1v) is 9.28. The van der Waals surface area contributed by atoms with Crippen molar-refractivity contribution in [3.05, 3.63) is 29.8 Å². The number of anilines is 1. The van der Waals surface area contributed by atoms with Crippen molar-refractivity contribution in [1.29, 1.82) is 0 Å². The second kappa shape index (κ2) is 6.33. The number of methoxy groups -OCH3 is 1. The normalized spacial score (nSPS) is 16.0. The number of thiazole rings is 2. The van der Waals surface area contributed by atoms with Gasteiger partial charge < -0.3 is 14.4 Å². The van der Waals surface area contributed by atoms with Crippen molar-refractivity contribution in [2.24, 2.45) is 0 Å². The van der Waals surface area contributed by atoms with Crippen LogP contribution in [0.3, 0.4) is 0 Å². The SMILES string of the molecule is COc1cccc2sc(N3CCC(Oc4nccs4)CC3)nc12. The zero-order chi connectivity index (χ0) is 15.6. The molecule has 7 heteroatoms. The first-order valence-electron chi connectivity index (χ1n) is 7.58. The zero-order valence-electron chi connectivity index (χ0n) is 12.8. The van der Waals surface area contributed by atoms with E-state index in [1.807, 2.05) is 17.5 Å². The smallest absolute Gasteiger partial charge is 0.273 e. The summed E-state index contributed by atoms with van der Waals surface area (Å²) in [6.45, 7) is 1.91. The van der Waals surface area contributed by atoms with Crippen molar-refractivity contribution in [1.82, 2.24) is 9.97 Å². The molecule has 3 aromatic rings. The van der Waals surface area contributed by atoms with Crippen molar-refractivity contribution in [2.45, 2.75) is 18.9 Å². The number of para-hydroxylation sites is 1. The fraction of sp³-hybridized carbons (Fsp3) is 0.375. The molecule has 1 saturated heterocycles. The predicted octanol–water partition coefficient (Wildman–Crippen LogP) is 3.81. The Morgan fingerprint density at radius 2 is 2.13 bits per heavy atom. The van der Waals surface area contributed by atoms with Gasteiger partial charge in [-0.05, 0) is 12.1 Å². The minimum absolute atomic E-state index is 0.251. The Balaban J connectivity index is 1.46. The van der Waals surface area contributed by atoms with Gasteiger partial charge in [-0.1, -0.05) is 28.7 Å². The van der Waals surface area contributed by atoms with Gasteiger partial charge in [0.15, 0.2) is 5.13 Å². The van der Waals surface area contributed by atoms with Gasteiger partial charge in [0, 0.05) is 37.5 Å². The lowest BCUT2D eigenvalue weighted by molar-refractivity contribution is 0.170. The molecule has 0 radical (unpaired) electrons. The molecule has 0 aliphatic carbocycles. The van der Waals surface area contributed by atoms with E-state index >= 15 is 0 Å². The summed E-state index contributed by atoms with van der Waals surface area (Å²) in [5.41, 5.74) is 0.955. The number of nitrogens with zero attached hydrogens (tertiary/aromatic N) is 3. The third kappa shape index (κ3) is 2.98. The van der Waals surface area contributed by atoms with E-state index in [1.165, 1.54) is 4.70 Å². The molecule has 4 rings (SSSR count). The summed E-state index contributed by atoms with van der Waals surface area (Å²) in [7, 11) is 1.69. The molecule has 0 atom stereocenters. The van der Waals surface area contributed by atoms with Gasteiger partial charge >= 0.3 is 0 Å². The van der Waals surface area contributed by atoms with E-state index in [0.717, 1.165) is 47.5 Å². The molecule has 5 nitrogen and oxygen atoms in total. The van der Waals surface area contributed by atoms with E-state index < -0.39 is 0 Å². The molecule has 23 heavy (non-hydrogen) atoms. The van der Waals surface area contributed by atoms with E-state index in [2.05, 4.69) is 16.0 Å². The van der Waals surface area contributed by atoms with Crippen LogP contribution >= 0.6 is 22.7 Å². The molecule has 0 spiro atoms. The lowest BCUT2D eigenvalue weighted by Crippen LogP contribution is -2.38. The van der Waals surface area contributed by atoms with Crippen LogP contribution in [0.25, 0.3) is 10.2 Å². The van der Waals surface area contributed by atoms with Crippen LogP contribution in [0, 0.1) is 0 Å². The van der Waals surface area contributed by atoms with Gasteiger partial charge in [0.05, 0.1) is 11.8 Å². The molecule has 0 N–H and O–H groups in total. The third-order valence-electron chi connectivity index (χ3n) is 3.98. The average molecular weight is 347 g/mol. The second-order valence-electron chi connectivity index (χ2n) is 5.41. The Kier molecular flexibility index (Phi) is 4.05. The molecular formula is C16H17N3O2S2. The Bertz CT molecular complexity index is 780. The summed E-state index contributed by atoms with van der Waals surface area (Å²) in [4.78, 5) is 11.3. The molecular weight excluding hydrogens is 330 g/mol. The molecule has 3 heterocycles. The summed E-state index contributed by atoms with van der Waals surface area (Å²) in [6, 6.07) is 6.06. The quantitative estimate of drug-likeness (QED) is 0.718. The molecule has 1 aliphatic rings. The number of rotatable bonds is 4. The standard InChI is InChI=1S/C16H17N3O2S2/c1-20-12-3-2-4-13-14(12)18-15(23-13)19-8-5-11(6-9-19)21-16-17-7-10-22-16/h2-4,7,10-11H,5-6,8-9H2,1H3. The highest BCUT2D eigenvalue weighted by atomic mass is 32.1. The number of aromatic nitrogens is 2. The Morgan fingerprint density at radius 1 is 1.26 bits per heavy atom. The minimum atomic E-state index is 0.251. The maximum absolute atomic E-state index is 5.92. The van der Waals surface area contributed by atoms with E-state index in [9.17, 15) is 0 Å². The fourth-order valence-corrected chi connectivity index (χ4v) is 4.37. The Hall–Kier alpha value is -1.86. The molecule has 1 fully saturated rings. The van der Waals surface area contributed by atoms with Gasteiger partial charge in [-0.25, -0.2) is 9.97 Å². The maximum Gasteiger partial charge on any atom is 0.273 e. The van der Waals surface area contributed by atoms with E-state index in [4.69, 9.17) is 14.5 Å². The molecule has 2 aromatic heterocycles. The first kappa shape index (κ1) is 14.7. The van der Waals surface area contributed by atoms with Gasteiger partial charge in [0.25, 0.3) is 5.19 Å². The van der Waals surface area contributed by atoms with Gasteiger partial charge in [0.2, 0.25) is 0 Å². The lowest BCUT2D eigenvalue weighted by Gasteiger charge is -2.31. The Labute approximate surface area is 142 Å². The lowest BCUT2D eigenvalue weighted by atomic mass is 10.1. The van der Waals surface area contributed by atoms with Crippen LogP contribution in [0.2, 0.25) is 0 Å². The van der Waals surface area contributed by atoms with Gasteiger partial charge in [-0.2, -0.15) is 0 Å². The fourth-order valence-electron chi connectivity index (χ4n) is 2.79. The second-order valence-corrected chi connectivity index (χ2v) is 7.27. The highest BCUT2D eigenvalue weighted by Gasteiger charge is 2.23. The zero-order valence-corrected chi connectivity index (χ0v) is 14.4. The van der Waals surface area contributed by atoms with Crippen LogP contribution in [0.5, 0.6) is 10.9 Å². The van der Waals surface area contributed by atoms with E-state index in [-0.39, 0.29) is 6.10 Å². The van der Waals surface area contributed by atoms with Crippen LogP contribution in [0.15, 0.2) is 29.8 Å². The number of hydrogen-bond donors (Lipinski definition) is 0. The summed E-state index contributed by atoms with van der Waals surface area (Å²) < 4.78 is 12.5. The van der Waals surface area contributed by atoms with Gasteiger partial charge in [0.1, 0.15) is 17.4 Å². The molecule has 0 unspecified atom stereocenters. The van der Waals surface area contributed by atoms with Crippen molar-refractivity contribution < 1.29 is 9.47 Å². The van der Waals surface area contributed by atoms with Gasteiger partial charge in [-0.15, -0.1) is 0 Å². The topological polar surface area (TPSA) is 47.5 Å². The molecule has 1 aliphatic heterocycles.